The molecular weight excluding hydrogens is 488 g/mol. The summed E-state index contributed by atoms with van der Waals surface area (Å²) in [6, 6.07) is 6.36. The number of nitrogens with zero attached hydrogens (tertiary/aromatic N) is 5. The molecule has 0 fully saturated rings. The second kappa shape index (κ2) is 8.71. The minimum absolute atomic E-state index is 0.0597. The Morgan fingerprint density at radius 2 is 1.91 bits per heavy atom. The fourth-order valence-corrected chi connectivity index (χ4v) is 4.64. The number of benzene rings is 1. The number of aryl methyl sites for hydroxylation is 1. The van der Waals surface area contributed by atoms with Gasteiger partial charge in [-0.15, -0.1) is 0 Å². The molecule has 0 unspecified atom stereocenters. The number of halogens is 4. The Balaban J connectivity index is 1.90. The molecule has 0 bridgehead atoms. The van der Waals surface area contributed by atoms with Crippen LogP contribution in [0.4, 0.5) is 17.6 Å². The molecule has 0 radical (unpaired) electrons. The summed E-state index contributed by atoms with van der Waals surface area (Å²) in [5.41, 5.74) is 1.15. The summed E-state index contributed by atoms with van der Waals surface area (Å²) >= 11 is 0. The molecular formula is C22H16F4N6O2S. The Labute approximate surface area is 196 Å². The first-order valence-electron chi connectivity index (χ1n) is 10.0. The molecule has 0 aliphatic carbocycles. The molecule has 0 saturated heterocycles. The Morgan fingerprint density at radius 1 is 1.17 bits per heavy atom. The number of nitriles is 1. The summed E-state index contributed by atoms with van der Waals surface area (Å²) in [6.45, 7) is 2.24. The maximum atomic E-state index is 14.4. The standard InChI is InChI=1S/C22H16F4N6O2S/c1-12-7-19-15(8-17(12)23)16(9-27)21(32(19)20-5-6-28-11-30-20)18-4-3-14(10-29-18)35(33,34)31-13(2)22(24,25)26/h3-8,10-11,13,31H,1-2H3/t13-/m0/s1. The summed E-state index contributed by atoms with van der Waals surface area (Å²) in [5, 5.41) is 10.2. The maximum Gasteiger partial charge on any atom is 0.404 e. The predicted molar refractivity (Wildman–Crippen MR) is 117 cm³/mol. The monoisotopic (exact) mass is 504 g/mol. The summed E-state index contributed by atoms with van der Waals surface area (Å²) in [5.74, 6) is -0.189. The van der Waals surface area contributed by atoms with E-state index in [1.165, 1.54) is 24.7 Å². The van der Waals surface area contributed by atoms with Gasteiger partial charge >= 0.3 is 6.18 Å². The van der Waals surface area contributed by atoms with Crippen LogP contribution < -0.4 is 4.72 Å². The van der Waals surface area contributed by atoms with Crippen molar-refractivity contribution in [3.05, 3.63) is 66.0 Å². The van der Waals surface area contributed by atoms with Crippen molar-refractivity contribution < 1.29 is 26.0 Å². The van der Waals surface area contributed by atoms with E-state index in [0.29, 0.717) is 23.8 Å². The SMILES string of the molecule is Cc1cc2c(cc1F)c(C#N)c(-c1ccc(S(=O)(=O)N[C@@H](C)C(F)(F)F)cn1)n2-c1ccncn1. The number of hydrogen-bond acceptors (Lipinski definition) is 6. The lowest BCUT2D eigenvalue weighted by Gasteiger charge is -2.17. The minimum Gasteiger partial charge on any atom is -0.291 e. The highest BCUT2D eigenvalue weighted by atomic mass is 32.2. The van der Waals surface area contributed by atoms with Gasteiger partial charge in [-0.25, -0.2) is 22.8 Å². The third kappa shape index (κ3) is 4.45. The second-order valence-electron chi connectivity index (χ2n) is 7.62. The molecule has 4 rings (SSSR count). The van der Waals surface area contributed by atoms with E-state index in [2.05, 4.69) is 15.0 Å². The zero-order valence-electron chi connectivity index (χ0n) is 18.2. The van der Waals surface area contributed by atoms with Gasteiger partial charge in [0, 0.05) is 17.8 Å². The van der Waals surface area contributed by atoms with Gasteiger partial charge in [0.05, 0.1) is 22.5 Å². The van der Waals surface area contributed by atoms with E-state index in [4.69, 9.17) is 0 Å². The number of rotatable bonds is 5. The molecule has 0 saturated carbocycles. The average molecular weight is 504 g/mol. The maximum absolute atomic E-state index is 14.4. The van der Waals surface area contributed by atoms with Crippen LogP contribution in [0, 0.1) is 24.1 Å². The average Bonchev–Trinajstić information content (AvgIpc) is 3.12. The van der Waals surface area contributed by atoms with Gasteiger partial charge in [-0.05, 0) is 49.7 Å². The molecule has 13 heteroatoms. The zero-order valence-corrected chi connectivity index (χ0v) is 19.0. The van der Waals surface area contributed by atoms with Gasteiger partial charge in [-0.3, -0.25) is 9.55 Å². The van der Waals surface area contributed by atoms with Crippen molar-refractivity contribution in [1.29, 1.82) is 5.26 Å². The van der Waals surface area contributed by atoms with Crippen molar-refractivity contribution in [3.63, 3.8) is 0 Å². The molecule has 35 heavy (non-hydrogen) atoms. The smallest absolute Gasteiger partial charge is 0.291 e. The zero-order chi connectivity index (χ0) is 25.5. The Morgan fingerprint density at radius 3 is 2.49 bits per heavy atom. The molecule has 0 aliphatic rings. The van der Waals surface area contributed by atoms with Crippen molar-refractivity contribution in [1.82, 2.24) is 24.2 Å². The first-order chi connectivity index (χ1) is 16.4. The van der Waals surface area contributed by atoms with Crippen molar-refractivity contribution in [2.75, 3.05) is 0 Å². The van der Waals surface area contributed by atoms with E-state index in [9.17, 15) is 31.2 Å². The fourth-order valence-electron chi connectivity index (χ4n) is 3.47. The first kappa shape index (κ1) is 24.2. The van der Waals surface area contributed by atoms with E-state index >= 15 is 0 Å². The van der Waals surface area contributed by atoms with Crippen LogP contribution in [-0.2, 0) is 10.0 Å². The molecule has 0 spiro atoms. The molecule has 8 nitrogen and oxygen atoms in total. The largest absolute Gasteiger partial charge is 0.404 e. The van der Waals surface area contributed by atoms with Crippen molar-refractivity contribution in [2.45, 2.75) is 31.0 Å². The normalized spacial score (nSPS) is 13.1. The van der Waals surface area contributed by atoms with Crippen molar-refractivity contribution in [2.24, 2.45) is 0 Å². The van der Waals surface area contributed by atoms with Crippen molar-refractivity contribution in [3.8, 4) is 23.3 Å². The number of hydrogen-bond donors (Lipinski definition) is 1. The highest BCUT2D eigenvalue weighted by Crippen LogP contribution is 2.36. The minimum atomic E-state index is -4.77. The van der Waals surface area contributed by atoms with Crippen LogP contribution in [0.1, 0.15) is 18.1 Å². The summed E-state index contributed by atoms with van der Waals surface area (Å²) in [4.78, 5) is 11.7. The van der Waals surface area contributed by atoms with Crippen LogP contribution in [0.15, 0.2) is 53.9 Å². The van der Waals surface area contributed by atoms with Crippen molar-refractivity contribution >= 4 is 20.9 Å². The van der Waals surface area contributed by atoms with Crippen LogP contribution in [0.2, 0.25) is 0 Å². The van der Waals surface area contributed by atoms with E-state index < -0.39 is 33.0 Å². The van der Waals surface area contributed by atoms with Gasteiger partial charge in [0.1, 0.15) is 35.0 Å². The molecule has 1 N–H and O–H groups in total. The quantitative estimate of drug-likeness (QED) is 0.411. The van der Waals surface area contributed by atoms with E-state index in [-0.39, 0.29) is 22.3 Å². The van der Waals surface area contributed by atoms with Crippen LogP contribution in [0.5, 0.6) is 0 Å². The lowest BCUT2D eigenvalue weighted by molar-refractivity contribution is -0.147. The lowest BCUT2D eigenvalue weighted by Crippen LogP contribution is -2.42. The van der Waals surface area contributed by atoms with E-state index in [0.717, 1.165) is 12.3 Å². The highest BCUT2D eigenvalue weighted by Gasteiger charge is 2.39. The summed E-state index contributed by atoms with van der Waals surface area (Å²) in [6.07, 6.45) is -1.13. The molecule has 4 aromatic rings. The van der Waals surface area contributed by atoms with Gasteiger partial charge < -0.3 is 0 Å². The topological polar surface area (TPSA) is 114 Å². The lowest BCUT2D eigenvalue weighted by atomic mass is 10.1. The van der Waals surface area contributed by atoms with Crippen LogP contribution in [0.25, 0.3) is 28.1 Å². The Kier molecular flexibility index (Phi) is 6.04. The highest BCUT2D eigenvalue weighted by molar-refractivity contribution is 7.89. The summed E-state index contributed by atoms with van der Waals surface area (Å²) in [7, 11) is -4.53. The summed E-state index contributed by atoms with van der Waals surface area (Å²) < 4.78 is 80.7. The molecule has 0 aliphatic heterocycles. The van der Waals surface area contributed by atoms with Gasteiger partial charge in [0.2, 0.25) is 10.0 Å². The molecule has 180 valence electrons. The Hall–Kier alpha value is -3.89. The number of sulfonamides is 1. The third-order valence-corrected chi connectivity index (χ3v) is 6.79. The molecule has 1 atom stereocenters. The number of pyridine rings is 1. The first-order valence-corrected chi connectivity index (χ1v) is 11.5. The van der Waals surface area contributed by atoms with Crippen LogP contribution in [-0.4, -0.2) is 40.2 Å². The van der Waals surface area contributed by atoms with E-state index in [1.807, 2.05) is 6.07 Å². The molecule has 3 heterocycles. The Bertz CT molecular complexity index is 1560. The second-order valence-corrected chi connectivity index (χ2v) is 9.33. The van der Waals surface area contributed by atoms with Gasteiger partial charge in [0.25, 0.3) is 0 Å². The predicted octanol–water partition coefficient (Wildman–Crippen LogP) is 4.03. The number of alkyl halides is 3. The van der Waals surface area contributed by atoms with Crippen LogP contribution >= 0.6 is 0 Å². The molecule has 1 aromatic carbocycles. The van der Waals surface area contributed by atoms with Gasteiger partial charge in [-0.2, -0.15) is 23.2 Å². The third-order valence-electron chi connectivity index (χ3n) is 5.27. The van der Waals surface area contributed by atoms with E-state index in [1.54, 1.807) is 28.3 Å². The number of aromatic nitrogens is 4. The molecule has 3 aromatic heterocycles. The number of nitrogens with one attached hydrogen (secondary N) is 1. The fraction of sp³-hybridized carbons (Fsp3) is 0.182. The molecule has 0 amide bonds. The van der Waals surface area contributed by atoms with Gasteiger partial charge in [-0.1, -0.05) is 0 Å². The number of fused-ring (bicyclic) bond motifs is 1. The van der Waals surface area contributed by atoms with Gasteiger partial charge in [0.15, 0.2) is 0 Å². The van der Waals surface area contributed by atoms with Crippen LogP contribution in [0.3, 0.4) is 0 Å².